The number of nitro groups is 1. The molecule has 1 aromatic rings. The van der Waals surface area contributed by atoms with Gasteiger partial charge in [0, 0.05) is 24.5 Å². The molecule has 0 saturated carbocycles. The van der Waals surface area contributed by atoms with Crippen molar-refractivity contribution in [3.63, 3.8) is 0 Å². The van der Waals surface area contributed by atoms with Crippen LogP contribution in [0.2, 0.25) is 0 Å². The van der Waals surface area contributed by atoms with E-state index in [9.17, 15) is 14.9 Å². The van der Waals surface area contributed by atoms with Crippen LogP contribution < -0.4 is 4.74 Å². The highest BCUT2D eigenvalue weighted by Gasteiger charge is 2.12. The summed E-state index contributed by atoms with van der Waals surface area (Å²) in [5.74, 6) is 0.245. The lowest BCUT2D eigenvalue weighted by molar-refractivity contribution is -0.384. The van der Waals surface area contributed by atoms with Crippen molar-refractivity contribution in [1.82, 2.24) is 4.90 Å². The molecule has 0 aliphatic carbocycles. The summed E-state index contributed by atoms with van der Waals surface area (Å²) in [5, 5.41) is 10.5. The van der Waals surface area contributed by atoms with E-state index in [0.29, 0.717) is 0 Å². The number of hydrogen-bond acceptors (Lipinski definition) is 4. The molecule has 0 spiro atoms. The van der Waals surface area contributed by atoms with E-state index >= 15 is 0 Å². The molecule has 0 unspecified atom stereocenters. The third kappa shape index (κ3) is 3.29. The average Bonchev–Trinajstić information content (AvgIpc) is 2.68. The van der Waals surface area contributed by atoms with Crippen LogP contribution in [0, 0.1) is 10.1 Å². The second kappa shape index (κ2) is 5.63. The van der Waals surface area contributed by atoms with Crippen LogP contribution in [0.15, 0.2) is 61.0 Å². The summed E-state index contributed by atoms with van der Waals surface area (Å²) >= 11 is 0. The molecule has 0 fully saturated rings. The zero-order valence-corrected chi connectivity index (χ0v) is 9.80. The fraction of sp³-hybridized carbons (Fsp3) is 0. The van der Waals surface area contributed by atoms with Crippen LogP contribution in [0.3, 0.4) is 0 Å². The third-order valence-electron chi connectivity index (χ3n) is 2.29. The van der Waals surface area contributed by atoms with Crippen LogP contribution in [0.4, 0.5) is 10.5 Å². The zero-order chi connectivity index (χ0) is 13.7. The lowest BCUT2D eigenvalue weighted by Crippen LogP contribution is -2.23. The van der Waals surface area contributed by atoms with Crippen LogP contribution >= 0.6 is 0 Å². The van der Waals surface area contributed by atoms with E-state index in [-0.39, 0.29) is 11.4 Å². The molecule has 0 saturated heterocycles. The first kappa shape index (κ1) is 12.6. The van der Waals surface area contributed by atoms with E-state index in [4.69, 9.17) is 4.74 Å². The Hall–Kier alpha value is -2.89. The van der Waals surface area contributed by atoms with Gasteiger partial charge in [0.05, 0.1) is 4.92 Å². The highest BCUT2D eigenvalue weighted by molar-refractivity contribution is 5.73. The number of carbonyl (C=O) groups excluding carboxylic acids is 1. The summed E-state index contributed by atoms with van der Waals surface area (Å²) in [7, 11) is 0. The van der Waals surface area contributed by atoms with E-state index in [2.05, 4.69) is 0 Å². The van der Waals surface area contributed by atoms with Gasteiger partial charge in [0.2, 0.25) is 0 Å². The predicted octanol–water partition coefficient (Wildman–Crippen LogP) is 2.99. The van der Waals surface area contributed by atoms with Gasteiger partial charge in [0.15, 0.2) is 0 Å². The number of allylic oxidation sites excluding steroid dienone is 4. The average molecular weight is 258 g/mol. The molecule has 1 aliphatic heterocycles. The summed E-state index contributed by atoms with van der Waals surface area (Å²) in [4.78, 5) is 23.0. The number of nitrogens with zero attached hydrogens (tertiary/aromatic N) is 2. The van der Waals surface area contributed by atoms with Crippen molar-refractivity contribution in [3.05, 3.63) is 71.1 Å². The molecule has 96 valence electrons. The first-order chi connectivity index (χ1) is 9.16. The van der Waals surface area contributed by atoms with Gasteiger partial charge >= 0.3 is 6.09 Å². The van der Waals surface area contributed by atoms with Gasteiger partial charge < -0.3 is 4.74 Å². The van der Waals surface area contributed by atoms with Crippen LogP contribution in [0.1, 0.15) is 0 Å². The summed E-state index contributed by atoms with van der Waals surface area (Å²) in [6.45, 7) is 0. The number of ether oxygens (including phenoxy) is 1. The van der Waals surface area contributed by atoms with Crippen LogP contribution in [-0.2, 0) is 0 Å². The Bertz CT molecular complexity index is 557. The summed E-state index contributed by atoms with van der Waals surface area (Å²) in [5.41, 5.74) is -0.0569. The van der Waals surface area contributed by atoms with Crippen molar-refractivity contribution >= 4 is 11.8 Å². The maximum Gasteiger partial charge on any atom is 0.423 e. The topological polar surface area (TPSA) is 72.7 Å². The molecule has 2 rings (SSSR count). The summed E-state index contributed by atoms with van der Waals surface area (Å²) in [6, 6.07) is 5.30. The normalized spacial score (nSPS) is 13.2. The van der Waals surface area contributed by atoms with E-state index in [0.717, 1.165) is 0 Å². The monoisotopic (exact) mass is 258 g/mol. The second-order valence-corrected chi connectivity index (χ2v) is 3.59. The minimum Gasteiger partial charge on any atom is -0.410 e. The minimum atomic E-state index is -0.593. The fourth-order valence-corrected chi connectivity index (χ4v) is 1.37. The van der Waals surface area contributed by atoms with Crippen molar-refractivity contribution < 1.29 is 14.5 Å². The largest absolute Gasteiger partial charge is 0.423 e. The molecule has 0 radical (unpaired) electrons. The highest BCUT2D eigenvalue weighted by Crippen LogP contribution is 2.18. The van der Waals surface area contributed by atoms with Crippen molar-refractivity contribution in [2.45, 2.75) is 0 Å². The predicted molar refractivity (Wildman–Crippen MR) is 68.4 cm³/mol. The minimum absolute atomic E-state index is 0.0569. The molecule has 1 amide bonds. The van der Waals surface area contributed by atoms with Crippen molar-refractivity contribution in [2.75, 3.05) is 0 Å². The number of amides is 1. The van der Waals surface area contributed by atoms with Crippen molar-refractivity contribution in [2.24, 2.45) is 0 Å². The summed E-state index contributed by atoms with van der Waals surface area (Å²) in [6.07, 6.45) is 9.44. The van der Waals surface area contributed by atoms with Gasteiger partial charge in [-0.2, -0.15) is 0 Å². The molecule has 0 N–H and O–H groups in total. The van der Waals surface area contributed by atoms with E-state index in [1.54, 1.807) is 36.7 Å². The third-order valence-corrected chi connectivity index (χ3v) is 2.29. The molecule has 0 aromatic heterocycles. The first-order valence-corrected chi connectivity index (χ1v) is 5.43. The summed E-state index contributed by atoms with van der Waals surface area (Å²) < 4.78 is 5.08. The number of nitro benzene ring substituents is 1. The number of hydrogen-bond donors (Lipinski definition) is 0. The molecule has 19 heavy (non-hydrogen) atoms. The fourth-order valence-electron chi connectivity index (χ4n) is 1.37. The SMILES string of the molecule is O=C(Oc1ccc([N+](=O)[O-])cc1)N1C=CC=CC=C1. The molecule has 0 bridgehead atoms. The van der Waals surface area contributed by atoms with Crippen molar-refractivity contribution in [1.29, 1.82) is 0 Å². The van der Waals surface area contributed by atoms with Crippen LogP contribution in [-0.4, -0.2) is 15.9 Å². The quantitative estimate of drug-likeness (QED) is 0.603. The van der Waals surface area contributed by atoms with E-state index in [1.807, 2.05) is 0 Å². The molecular weight excluding hydrogens is 248 g/mol. The standard InChI is InChI=1S/C13H10N2O4/c16-13(14-9-3-1-2-4-10-14)19-12-7-5-11(6-8-12)15(17)18/h1-10H. The lowest BCUT2D eigenvalue weighted by Gasteiger charge is -2.12. The highest BCUT2D eigenvalue weighted by atomic mass is 16.6. The molecule has 1 heterocycles. The molecule has 1 aromatic carbocycles. The van der Waals surface area contributed by atoms with Gasteiger partial charge in [-0.3, -0.25) is 15.0 Å². The molecular formula is C13H10N2O4. The van der Waals surface area contributed by atoms with Gasteiger partial charge in [-0.05, 0) is 24.3 Å². The Balaban J connectivity index is 2.04. The zero-order valence-electron chi connectivity index (χ0n) is 9.80. The Labute approximate surface area is 109 Å². The van der Waals surface area contributed by atoms with Crippen LogP contribution in [0.5, 0.6) is 5.75 Å². The smallest absolute Gasteiger partial charge is 0.410 e. The van der Waals surface area contributed by atoms with Gasteiger partial charge in [-0.15, -0.1) is 0 Å². The molecule has 6 heteroatoms. The Morgan fingerprint density at radius 2 is 1.63 bits per heavy atom. The Kier molecular flexibility index (Phi) is 3.72. The van der Waals surface area contributed by atoms with Crippen molar-refractivity contribution in [3.8, 4) is 5.75 Å². The van der Waals surface area contributed by atoms with Gasteiger partial charge in [-0.1, -0.05) is 12.2 Å². The molecule has 6 nitrogen and oxygen atoms in total. The van der Waals surface area contributed by atoms with Crippen LogP contribution in [0.25, 0.3) is 0 Å². The number of benzene rings is 1. The maximum atomic E-state index is 11.8. The first-order valence-electron chi connectivity index (χ1n) is 5.43. The number of carbonyl (C=O) groups is 1. The molecule has 0 atom stereocenters. The molecule has 1 aliphatic rings. The lowest BCUT2D eigenvalue weighted by atomic mass is 10.3. The van der Waals surface area contributed by atoms with E-state index < -0.39 is 11.0 Å². The van der Waals surface area contributed by atoms with Gasteiger partial charge in [-0.25, -0.2) is 4.79 Å². The van der Waals surface area contributed by atoms with Gasteiger partial charge in [0.1, 0.15) is 5.75 Å². The number of rotatable bonds is 2. The Morgan fingerprint density at radius 1 is 1.05 bits per heavy atom. The van der Waals surface area contributed by atoms with Gasteiger partial charge in [0.25, 0.3) is 5.69 Å². The van der Waals surface area contributed by atoms with E-state index in [1.165, 1.54) is 29.2 Å². The number of non-ortho nitro benzene ring substituents is 1. The Morgan fingerprint density at radius 3 is 2.16 bits per heavy atom. The second-order valence-electron chi connectivity index (χ2n) is 3.59. The maximum absolute atomic E-state index is 11.8.